The molecule has 0 fully saturated rings. The summed E-state index contributed by atoms with van der Waals surface area (Å²) in [5.41, 5.74) is 2.96. The molecule has 0 unspecified atom stereocenters. The van der Waals surface area contributed by atoms with Gasteiger partial charge in [-0.3, -0.25) is 15.2 Å². The molecule has 1 aromatic heterocycles. The molecule has 0 aliphatic rings. The molecule has 0 bridgehead atoms. The van der Waals surface area contributed by atoms with E-state index in [1.165, 1.54) is 24.3 Å². The Morgan fingerprint density at radius 3 is 2.47 bits per heavy atom. The number of aromatic nitrogens is 2. The van der Waals surface area contributed by atoms with Crippen LogP contribution in [0.25, 0.3) is 11.3 Å². The van der Waals surface area contributed by atoms with Gasteiger partial charge in [-0.05, 0) is 48.9 Å². The molecule has 3 aromatic carbocycles. The maximum absolute atomic E-state index is 13.8. The second-order valence-electron chi connectivity index (χ2n) is 7.33. The third kappa shape index (κ3) is 5.78. The van der Waals surface area contributed by atoms with Gasteiger partial charge in [0.05, 0.1) is 10.7 Å². The van der Waals surface area contributed by atoms with Crippen LogP contribution < -0.4 is 10.6 Å². The van der Waals surface area contributed by atoms with E-state index in [0.717, 1.165) is 23.3 Å². The van der Waals surface area contributed by atoms with Crippen LogP contribution in [0, 0.1) is 18.6 Å². The average Bonchev–Trinajstić information content (AvgIpc) is 3.23. The van der Waals surface area contributed by atoms with Gasteiger partial charge in [-0.25, -0.2) is 8.78 Å². The van der Waals surface area contributed by atoms with Crippen molar-refractivity contribution in [1.29, 1.82) is 0 Å². The van der Waals surface area contributed by atoms with E-state index >= 15 is 0 Å². The first-order valence-electron chi connectivity index (χ1n) is 9.97. The highest BCUT2D eigenvalue weighted by atomic mass is 35.5. The quantitative estimate of drug-likeness (QED) is 0.221. The highest BCUT2D eigenvalue weighted by molar-refractivity contribution is 6.31. The molecule has 4 rings (SSSR count). The lowest BCUT2D eigenvalue weighted by molar-refractivity contribution is 0.0976. The van der Waals surface area contributed by atoms with Gasteiger partial charge in [-0.2, -0.15) is 10.1 Å². The van der Waals surface area contributed by atoms with Crippen LogP contribution in [0.15, 0.2) is 71.7 Å². The Labute approximate surface area is 203 Å². The number of nitrogens with one attached hydrogen (secondary N) is 3. The van der Waals surface area contributed by atoms with E-state index in [4.69, 9.17) is 23.2 Å². The highest BCUT2D eigenvalue weighted by Gasteiger charge is 2.14. The summed E-state index contributed by atoms with van der Waals surface area (Å²) < 4.78 is 27.6. The zero-order chi connectivity index (χ0) is 24.2. The lowest BCUT2D eigenvalue weighted by Gasteiger charge is -2.12. The number of halogens is 4. The van der Waals surface area contributed by atoms with E-state index in [1.54, 1.807) is 6.07 Å². The Balaban J connectivity index is 1.65. The van der Waals surface area contributed by atoms with Crippen LogP contribution >= 0.6 is 23.2 Å². The number of nitrogens with zero attached hydrogens (tertiary/aromatic N) is 2. The summed E-state index contributed by atoms with van der Waals surface area (Å²) >= 11 is 11.6. The van der Waals surface area contributed by atoms with E-state index in [0.29, 0.717) is 5.69 Å². The van der Waals surface area contributed by atoms with E-state index in [2.05, 4.69) is 25.8 Å². The summed E-state index contributed by atoms with van der Waals surface area (Å²) in [5, 5.41) is 12.4. The molecule has 172 valence electrons. The molecule has 1 heterocycles. The summed E-state index contributed by atoms with van der Waals surface area (Å²) in [5.74, 6) is -1.83. The largest absolute Gasteiger partial charge is 0.325 e. The first kappa shape index (κ1) is 23.4. The lowest BCUT2D eigenvalue weighted by Crippen LogP contribution is -2.36. The van der Waals surface area contributed by atoms with Crippen molar-refractivity contribution in [2.75, 3.05) is 5.32 Å². The Hall–Kier alpha value is -3.75. The van der Waals surface area contributed by atoms with E-state index in [1.807, 2.05) is 31.2 Å². The fraction of sp³-hybridized carbons (Fsp3) is 0.0417. The van der Waals surface area contributed by atoms with Crippen molar-refractivity contribution in [2.24, 2.45) is 4.99 Å². The van der Waals surface area contributed by atoms with Gasteiger partial charge < -0.3 is 5.32 Å². The fourth-order valence-corrected chi connectivity index (χ4v) is 3.37. The van der Waals surface area contributed by atoms with Crippen LogP contribution in [0.4, 0.5) is 20.3 Å². The number of hydrogen-bond acceptors (Lipinski definition) is 3. The summed E-state index contributed by atoms with van der Waals surface area (Å²) in [6, 6.07) is 16.9. The van der Waals surface area contributed by atoms with Gasteiger partial charge in [0, 0.05) is 22.3 Å². The molecule has 0 aliphatic carbocycles. The van der Waals surface area contributed by atoms with Crippen molar-refractivity contribution in [2.45, 2.75) is 6.92 Å². The molecule has 34 heavy (non-hydrogen) atoms. The number of anilines is 1. The van der Waals surface area contributed by atoms with Gasteiger partial charge in [-0.1, -0.05) is 53.0 Å². The Morgan fingerprint density at radius 2 is 1.76 bits per heavy atom. The molecule has 0 saturated carbocycles. The van der Waals surface area contributed by atoms with E-state index in [9.17, 15) is 13.6 Å². The summed E-state index contributed by atoms with van der Waals surface area (Å²) in [6.07, 6.45) is 0. The molecule has 1 amide bonds. The number of rotatable bonds is 4. The average molecular weight is 500 g/mol. The Bertz CT molecular complexity index is 1370. The molecule has 0 aliphatic heterocycles. The minimum absolute atomic E-state index is 0.0102. The zero-order valence-corrected chi connectivity index (χ0v) is 19.2. The minimum Gasteiger partial charge on any atom is -0.325 e. The predicted molar refractivity (Wildman–Crippen MR) is 130 cm³/mol. The van der Waals surface area contributed by atoms with Crippen molar-refractivity contribution >= 4 is 46.6 Å². The molecular weight excluding hydrogens is 483 g/mol. The Kier molecular flexibility index (Phi) is 6.90. The van der Waals surface area contributed by atoms with Crippen molar-refractivity contribution in [1.82, 2.24) is 15.5 Å². The number of benzene rings is 3. The third-order valence-electron chi connectivity index (χ3n) is 4.69. The fourth-order valence-electron chi connectivity index (χ4n) is 3.03. The molecule has 0 atom stereocenters. The molecule has 3 N–H and O–H groups in total. The Morgan fingerprint density at radius 1 is 1.00 bits per heavy atom. The second-order valence-corrected chi connectivity index (χ2v) is 8.18. The highest BCUT2D eigenvalue weighted by Crippen LogP contribution is 2.23. The van der Waals surface area contributed by atoms with Gasteiger partial charge in [0.1, 0.15) is 11.6 Å². The first-order chi connectivity index (χ1) is 16.3. The molecule has 6 nitrogen and oxygen atoms in total. The van der Waals surface area contributed by atoms with Gasteiger partial charge in [0.2, 0.25) is 5.96 Å². The number of guanidine groups is 1. The van der Waals surface area contributed by atoms with Crippen molar-refractivity contribution in [3.8, 4) is 11.3 Å². The van der Waals surface area contributed by atoms with Gasteiger partial charge >= 0.3 is 0 Å². The number of carbonyl (C=O) groups excluding carboxylic acids is 1. The third-order valence-corrected chi connectivity index (χ3v) is 5.22. The summed E-state index contributed by atoms with van der Waals surface area (Å²) in [6.45, 7) is 1.98. The molecule has 0 spiro atoms. The van der Waals surface area contributed by atoms with Gasteiger partial charge in [0.25, 0.3) is 5.91 Å². The number of aliphatic imine (C=N–C) groups is 1. The standard InChI is InChI=1S/C24H17Cl2F2N5O/c1-13-2-4-14(5-3-13)21-12-22(33-32-21)30-24(29-18-10-16(25)9-17(27)11-18)31-23(34)15-6-7-19(26)20(28)8-15/h2-12H,1H3,(H3,29,30,31,32,33,34). The van der Waals surface area contributed by atoms with Crippen LogP contribution in [0.3, 0.4) is 0 Å². The van der Waals surface area contributed by atoms with E-state index in [-0.39, 0.29) is 33.1 Å². The number of amides is 1. The second kappa shape index (κ2) is 10.0. The molecular formula is C24H17Cl2F2N5O. The van der Waals surface area contributed by atoms with Crippen molar-refractivity contribution < 1.29 is 13.6 Å². The molecule has 4 aromatic rings. The number of hydrogen-bond donors (Lipinski definition) is 3. The number of aryl methyl sites for hydroxylation is 1. The van der Waals surface area contributed by atoms with Crippen LogP contribution in [-0.4, -0.2) is 22.1 Å². The maximum Gasteiger partial charge on any atom is 0.258 e. The summed E-state index contributed by atoms with van der Waals surface area (Å²) in [7, 11) is 0. The van der Waals surface area contributed by atoms with Crippen LogP contribution in [0.5, 0.6) is 0 Å². The van der Waals surface area contributed by atoms with Crippen LogP contribution in [0.1, 0.15) is 15.9 Å². The SMILES string of the molecule is Cc1ccc(-c2cc(N=C(NC(=O)c3ccc(Cl)c(F)c3)Nc3cc(F)cc(Cl)c3)n[nH]2)cc1. The monoisotopic (exact) mass is 499 g/mol. The zero-order valence-electron chi connectivity index (χ0n) is 17.7. The smallest absolute Gasteiger partial charge is 0.258 e. The van der Waals surface area contributed by atoms with Gasteiger partial charge in [-0.15, -0.1) is 0 Å². The molecule has 0 radical (unpaired) electrons. The number of carbonyl (C=O) groups is 1. The predicted octanol–water partition coefficient (Wildman–Crippen LogP) is 6.50. The normalized spacial score (nSPS) is 11.4. The number of H-pyrrole nitrogens is 1. The van der Waals surface area contributed by atoms with Crippen LogP contribution in [-0.2, 0) is 0 Å². The first-order valence-corrected chi connectivity index (χ1v) is 10.7. The number of aromatic amines is 1. The lowest BCUT2D eigenvalue weighted by atomic mass is 10.1. The molecule has 0 saturated heterocycles. The maximum atomic E-state index is 13.8. The minimum atomic E-state index is -0.743. The summed E-state index contributed by atoms with van der Waals surface area (Å²) in [4.78, 5) is 17.0. The topological polar surface area (TPSA) is 82.2 Å². The van der Waals surface area contributed by atoms with Crippen molar-refractivity contribution in [3.63, 3.8) is 0 Å². The van der Waals surface area contributed by atoms with Crippen molar-refractivity contribution in [3.05, 3.63) is 99.5 Å². The van der Waals surface area contributed by atoms with Crippen LogP contribution in [0.2, 0.25) is 10.0 Å². The van der Waals surface area contributed by atoms with E-state index < -0.39 is 17.5 Å². The molecule has 10 heteroatoms. The van der Waals surface area contributed by atoms with Gasteiger partial charge in [0.15, 0.2) is 5.82 Å².